The van der Waals surface area contributed by atoms with Crippen LogP contribution in [0.25, 0.3) is 0 Å². The van der Waals surface area contributed by atoms with Crippen LogP contribution < -0.4 is 0 Å². The standard InChI is InChI=1S/C10H17NO/c1-6(2)8-9(7(3)4)11(5)10(8)12/h6-7H,1-5H3. The molecule has 1 aliphatic heterocycles. The maximum Gasteiger partial charge on any atom is 0.255 e. The molecule has 0 radical (unpaired) electrons. The fourth-order valence-electron chi connectivity index (χ4n) is 1.77. The fraction of sp³-hybridized carbons (Fsp3) is 0.700. The van der Waals surface area contributed by atoms with Gasteiger partial charge < -0.3 is 4.90 Å². The zero-order chi connectivity index (χ0) is 9.46. The summed E-state index contributed by atoms with van der Waals surface area (Å²) >= 11 is 0. The van der Waals surface area contributed by atoms with E-state index in [0.717, 1.165) is 5.57 Å². The first kappa shape index (κ1) is 9.30. The molecule has 0 bridgehead atoms. The van der Waals surface area contributed by atoms with Crippen molar-refractivity contribution in [3.63, 3.8) is 0 Å². The zero-order valence-electron chi connectivity index (χ0n) is 8.51. The molecule has 0 unspecified atom stereocenters. The SMILES string of the molecule is CC(C)C1=C(C(C)C)N(C)C1=O. The molecule has 0 saturated heterocycles. The summed E-state index contributed by atoms with van der Waals surface area (Å²) in [6.07, 6.45) is 0. The predicted molar refractivity (Wildman–Crippen MR) is 49.5 cm³/mol. The van der Waals surface area contributed by atoms with Crippen LogP contribution in [0, 0.1) is 11.8 Å². The van der Waals surface area contributed by atoms with Gasteiger partial charge in [-0.2, -0.15) is 0 Å². The molecule has 12 heavy (non-hydrogen) atoms. The van der Waals surface area contributed by atoms with Gasteiger partial charge in [0.05, 0.1) is 0 Å². The number of hydrogen-bond donors (Lipinski definition) is 0. The van der Waals surface area contributed by atoms with Crippen LogP contribution in [-0.4, -0.2) is 17.9 Å². The molecule has 1 rings (SSSR count). The molecule has 0 aromatic heterocycles. The molecule has 68 valence electrons. The number of rotatable bonds is 2. The van der Waals surface area contributed by atoms with Crippen LogP contribution in [0.2, 0.25) is 0 Å². The van der Waals surface area contributed by atoms with Crippen molar-refractivity contribution in [3.05, 3.63) is 11.3 Å². The molecule has 2 nitrogen and oxygen atoms in total. The monoisotopic (exact) mass is 167 g/mol. The molecule has 0 fully saturated rings. The van der Waals surface area contributed by atoms with E-state index in [0.29, 0.717) is 11.8 Å². The van der Waals surface area contributed by atoms with Crippen LogP contribution in [-0.2, 0) is 4.79 Å². The fourth-order valence-corrected chi connectivity index (χ4v) is 1.77. The second-order valence-electron chi connectivity index (χ2n) is 3.97. The Morgan fingerprint density at radius 2 is 1.58 bits per heavy atom. The van der Waals surface area contributed by atoms with Gasteiger partial charge in [-0.1, -0.05) is 27.7 Å². The van der Waals surface area contributed by atoms with E-state index in [4.69, 9.17) is 0 Å². The summed E-state index contributed by atoms with van der Waals surface area (Å²) in [7, 11) is 1.85. The van der Waals surface area contributed by atoms with Gasteiger partial charge in [0.25, 0.3) is 5.91 Å². The van der Waals surface area contributed by atoms with Crippen LogP contribution in [0.5, 0.6) is 0 Å². The Bertz CT molecular complexity index is 238. The first-order valence-corrected chi connectivity index (χ1v) is 4.49. The minimum atomic E-state index is 0.203. The number of allylic oxidation sites excluding steroid dienone is 1. The highest BCUT2D eigenvalue weighted by atomic mass is 16.2. The van der Waals surface area contributed by atoms with Crippen molar-refractivity contribution in [2.45, 2.75) is 27.7 Å². The number of carbonyl (C=O) groups excluding carboxylic acids is 1. The molecule has 0 atom stereocenters. The number of hydrogen-bond acceptors (Lipinski definition) is 1. The summed E-state index contributed by atoms with van der Waals surface area (Å²) in [5, 5.41) is 0. The zero-order valence-corrected chi connectivity index (χ0v) is 8.51. The van der Waals surface area contributed by atoms with Gasteiger partial charge in [0, 0.05) is 18.3 Å². The quantitative estimate of drug-likeness (QED) is 0.616. The second-order valence-corrected chi connectivity index (χ2v) is 3.97. The third-order valence-electron chi connectivity index (χ3n) is 2.30. The Balaban J connectivity index is 2.99. The Labute approximate surface area is 74.2 Å². The van der Waals surface area contributed by atoms with Crippen molar-refractivity contribution in [1.82, 2.24) is 4.90 Å². The molecule has 0 N–H and O–H groups in total. The molecular weight excluding hydrogens is 150 g/mol. The van der Waals surface area contributed by atoms with Crippen molar-refractivity contribution in [2.75, 3.05) is 7.05 Å². The van der Waals surface area contributed by atoms with Crippen molar-refractivity contribution in [2.24, 2.45) is 11.8 Å². The highest BCUT2D eigenvalue weighted by Crippen LogP contribution is 2.33. The van der Waals surface area contributed by atoms with E-state index in [9.17, 15) is 4.79 Å². The molecule has 0 aliphatic carbocycles. The number of amides is 1. The number of nitrogens with zero attached hydrogens (tertiary/aromatic N) is 1. The van der Waals surface area contributed by atoms with Gasteiger partial charge >= 0.3 is 0 Å². The van der Waals surface area contributed by atoms with Crippen LogP contribution in [0.1, 0.15) is 27.7 Å². The van der Waals surface area contributed by atoms with Gasteiger partial charge in [-0.3, -0.25) is 4.79 Å². The molecule has 0 aromatic carbocycles. The van der Waals surface area contributed by atoms with Crippen molar-refractivity contribution < 1.29 is 4.79 Å². The smallest absolute Gasteiger partial charge is 0.255 e. The van der Waals surface area contributed by atoms with Gasteiger partial charge in [0.15, 0.2) is 0 Å². The first-order valence-electron chi connectivity index (χ1n) is 4.49. The van der Waals surface area contributed by atoms with Gasteiger partial charge in [0.2, 0.25) is 0 Å². The highest BCUT2D eigenvalue weighted by Gasteiger charge is 2.35. The maximum atomic E-state index is 11.4. The Hall–Kier alpha value is -0.790. The van der Waals surface area contributed by atoms with E-state index in [1.54, 1.807) is 4.90 Å². The van der Waals surface area contributed by atoms with Crippen molar-refractivity contribution >= 4 is 5.91 Å². The lowest BCUT2D eigenvalue weighted by Crippen LogP contribution is -2.43. The highest BCUT2D eigenvalue weighted by molar-refractivity contribution is 6.02. The lowest BCUT2D eigenvalue weighted by Gasteiger charge is -2.37. The molecule has 0 saturated carbocycles. The van der Waals surface area contributed by atoms with E-state index in [1.165, 1.54) is 5.70 Å². The topological polar surface area (TPSA) is 20.3 Å². The third kappa shape index (κ3) is 1.15. The second kappa shape index (κ2) is 2.92. The molecule has 0 spiro atoms. The summed E-state index contributed by atoms with van der Waals surface area (Å²) in [6.45, 7) is 8.40. The van der Waals surface area contributed by atoms with Crippen molar-refractivity contribution in [1.29, 1.82) is 0 Å². The summed E-state index contributed by atoms with van der Waals surface area (Å²) in [4.78, 5) is 13.1. The largest absolute Gasteiger partial charge is 0.315 e. The van der Waals surface area contributed by atoms with E-state index in [1.807, 2.05) is 7.05 Å². The molecule has 1 amide bonds. The Kier molecular flexibility index (Phi) is 2.27. The average Bonchev–Trinajstić information content (AvgIpc) is 1.96. The summed E-state index contributed by atoms with van der Waals surface area (Å²) in [5.74, 6) is 1.03. The van der Waals surface area contributed by atoms with Gasteiger partial charge in [-0.05, 0) is 11.8 Å². The van der Waals surface area contributed by atoms with Crippen LogP contribution in [0.4, 0.5) is 0 Å². The summed E-state index contributed by atoms with van der Waals surface area (Å²) in [6, 6.07) is 0. The van der Waals surface area contributed by atoms with Crippen LogP contribution >= 0.6 is 0 Å². The van der Waals surface area contributed by atoms with E-state index in [-0.39, 0.29) is 5.91 Å². The maximum absolute atomic E-state index is 11.4. The predicted octanol–water partition coefficient (Wildman–Crippen LogP) is 2.02. The number of likely N-dealkylation sites (N-methyl/N-ethyl adjacent to an activating group) is 1. The molecular formula is C10H17NO. The van der Waals surface area contributed by atoms with Crippen molar-refractivity contribution in [3.8, 4) is 0 Å². The van der Waals surface area contributed by atoms with Gasteiger partial charge in [0.1, 0.15) is 0 Å². The molecule has 1 heterocycles. The molecule has 2 heteroatoms. The summed E-state index contributed by atoms with van der Waals surface area (Å²) in [5.41, 5.74) is 2.24. The average molecular weight is 167 g/mol. The van der Waals surface area contributed by atoms with Gasteiger partial charge in [-0.15, -0.1) is 0 Å². The van der Waals surface area contributed by atoms with E-state index >= 15 is 0 Å². The minimum Gasteiger partial charge on any atom is -0.315 e. The van der Waals surface area contributed by atoms with Gasteiger partial charge in [-0.25, -0.2) is 0 Å². The lowest BCUT2D eigenvalue weighted by molar-refractivity contribution is -0.128. The Morgan fingerprint density at radius 1 is 1.08 bits per heavy atom. The van der Waals surface area contributed by atoms with E-state index in [2.05, 4.69) is 27.7 Å². The Morgan fingerprint density at radius 3 is 1.83 bits per heavy atom. The normalized spacial score (nSPS) is 17.9. The number of carbonyl (C=O) groups is 1. The molecule has 0 aromatic rings. The first-order chi connectivity index (χ1) is 5.46. The minimum absolute atomic E-state index is 0.203. The third-order valence-corrected chi connectivity index (χ3v) is 2.30. The van der Waals surface area contributed by atoms with Crippen LogP contribution in [0.3, 0.4) is 0 Å². The molecule has 1 aliphatic rings. The lowest BCUT2D eigenvalue weighted by atomic mass is 9.87. The summed E-state index contributed by atoms with van der Waals surface area (Å²) < 4.78 is 0. The van der Waals surface area contributed by atoms with E-state index < -0.39 is 0 Å². The van der Waals surface area contributed by atoms with Crippen LogP contribution in [0.15, 0.2) is 11.3 Å².